The van der Waals surface area contributed by atoms with E-state index in [0.717, 1.165) is 0 Å². The van der Waals surface area contributed by atoms with Crippen molar-refractivity contribution in [1.29, 1.82) is 0 Å². The Bertz CT molecular complexity index is 577. The Morgan fingerprint density at radius 3 is 2.48 bits per heavy atom. The van der Waals surface area contributed by atoms with Crippen molar-refractivity contribution in [3.8, 4) is 11.5 Å². The van der Waals surface area contributed by atoms with E-state index >= 15 is 0 Å². The van der Waals surface area contributed by atoms with Crippen LogP contribution in [0.5, 0.6) is 11.5 Å². The van der Waals surface area contributed by atoms with Crippen LogP contribution in [-0.4, -0.2) is 43.8 Å². The van der Waals surface area contributed by atoms with Gasteiger partial charge in [0.2, 0.25) is 0 Å². The van der Waals surface area contributed by atoms with Crippen molar-refractivity contribution in [2.45, 2.75) is 44.2 Å². The fourth-order valence-electron chi connectivity index (χ4n) is 2.24. The molecule has 0 amide bonds. The first-order chi connectivity index (χ1) is 10.7. The summed E-state index contributed by atoms with van der Waals surface area (Å²) in [5, 5.41) is 37.3. The van der Waals surface area contributed by atoms with Crippen LogP contribution in [0.4, 0.5) is 0 Å². The van der Waals surface area contributed by atoms with Crippen LogP contribution >= 0.6 is 0 Å². The summed E-state index contributed by atoms with van der Waals surface area (Å²) in [6, 6.07) is 4.11. The van der Waals surface area contributed by atoms with Crippen molar-refractivity contribution >= 4 is 11.8 Å². The minimum Gasteiger partial charge on any atom is -0.504 e. The van der Waals surface area contributed by atoms with Gasteiger partial charge < -0.3 is 20.4 Å². The van der Waals surface area contributed by atoms with E-state index in [9.17, 15) is 24.9 Å². The summed E-state index contributed by atoms with van der Waals surface area (Å²) in [5.74, 6) is 3.28. The summed E-state index contributed by atoms with van der Waals surface area (Å²) >= 11 is 0. The maximum absolute atomic E-state index is 12.4. The first kappa shape index (κ1) is 18.9. The van der Waals surface area contributed by atoms with Crippen molar-refractivity contribution in [2.75, 3.05) is 0 Å². The number of benzene rings is 1. The van der Waals surface area contributed by atoms with Crippen LogP contribution < -0.4 is 11.3 Å². The number of hydrazine groups is 1. The maximum atomic E-state index is 12.4. The van der Waals surface area contributed by atoms with Crippen LogP contribution in [0.25, 0.3) is 0 Å². The number of rotatable bonds is 9. The first-order valence-electron chi connectivity index (χ1n) is 7.12. The normalized spacial score (nSPS) is 14.9. The number of aliphatic hydroxyl groups excluding tert-OH is 1. The number of hydrogen-bond acceptors (Lipinski definition) is 7. The highest BCUT2D eigenvalue weighted by Gasteiger charge is 2.36. The Balaban J connectivity index is 2.79. The third-order valence-corrected chi connectivity index (χ3v) is 3.63. The highest BCUT2D eigenvalue weighted by Crippen LogP contribution is 2.27. The highest BCUT2D eigenvalue weighted by molar-refractivity contribution is 5.92. The van der Waals surface area contributed by atoms with Gasteiger partial charge in [0.1, 0.15) is 6.10 Å². The molecule has 0 heterocycles. The molecule has 1 aromatic rings. The van der Waals surface area contributed by atoms with Gasteiger partial charge in [0.05, 0.1) is 5.54 Å². The third-order valence-electron chi connectivity index (χ3n) is 3.63. The molecule has 0 aliphatic carbocycles. The standard InChI is InChI=1S/C15H22N2O6/c1-15(17-16,8-9-5-6-10(18)12(20)7-9)14(23)11(19)3-2-4-13(21)22/h5-7,11,17-20H,2-4,8,16H2,1H3,(H,21,22). The average Bonchev–Trinajstić information content (AvgIpc) is 2.49. The summed E-state index contributed by atoms with van der Waals surface area (Å²) < 4.78 is 0. The molecule has 0 bridgehead atoms. The number of phenols is 2. The lowest BCUT2D eigenvalue weighted by Crippen LogP contribution is -2.58. The summed E-state index contributed by atoms with van der Waals surface area (Å²) in [6.07, 6.45) is -1.22. The first-order valence-corrected chi connectivity index (χ1v) is 7.12. The van der Waals surface area contributed by atoms with Crippen molar-refractivity contribution in [3.05, 3.63) is 23.8 Å². The van der Waals surface area contributed by atoms with E-state index in [1.54, 1.807) is 0 Å². The predicted molar refractivity (Wildman–Crippen MR) is 81.7 cm³/mol. The Morgan fingerprint density at radius 1 is 1.30 bits per heavy atom. The number of aliphatic hydroxyl groups is 1. The molecule has 0 radical (unpaired) electrons. The second-order valence-corrected chi connectivity index (χ2v) is 5.64. The largest absolute Gasteiger partial charge is 0.504 e. The smallest absolute Gasteiger partial charge is 0.303 e. The fourth-order valence-corrected chi connectivity index (χ4v) is 2.24. The minimum absolute atomic E-state index is 0.0171. The Kier molecular flexibility index (Phi) is 6.49. The molecule has 8 heteroatoms. The molecule has 2 atom stereocenters. The van der Waals surface area contributed by atoms with Crippen molar-refractivity contribution < 1.29 is 30.0 Å². The van der Waals surface area contributed by atoms with Crippen molar-refractivity contribution in [2.24, 2.45) is 5.84 Å². The Morgan fingerprint density at radius 2 is 1.96 bits per heavy atom. The van der Waals surface area contributed by atoms with E-state index in [-0.39, 0.29) is 37.2 Å². The second-order valence-electron chi connectivity index (χ2n) is 5.64. The number of carbonyl (C=O) groups is 2. The van der Waals surface area contributed by atoms with Crippen LogP contribution in [0.2, 0.25) is 0 Å². The quantitative estimate of drug-likeness (QED) is 0.211. The molecule has 0 aliphatic heterocycles. The number of aromatic hydroxyl groups is 2. The number of hydrogen-bond donors (Lipinski definition) is 6. The van der Waals surface area contributed by atoms with Crippen molar-refractivity contribution in [3.63, 3.8) is 0 Å². The fraction of sp³-hybridized carbons (Fsp3) is 0.467. The van der Waals surface area contributed by atoms with Gasteiger partial charge in [-0.15, -0.1) is 0 Å². The molecule has 7 N–H and O–H groups in total. The average molecular weight is 326 g/mol. The molecule has 0 aliphatic rings. The molecule has 2 unspecified atom stereocenters. The molecule has 0 spiro atoms. The molecule has 0 saturated carbocycles. The summed E-state index contributed by atoms with van der Waals surface area (Å²) in [7, 11) is 0. The number of carboxylic acids is 1. The van der Waals surface area contributed by atoms with E-state index in [1.165, 1.54) is 25.1 Å². The second kappa shape index (κ2) is 7.91. The minimum atomic E-state index is -1.35. The molecule has 128 valence electrons. The number of Topliss-reactive ketones (excluding diaryl/α,β-unsaturated/α-hetero) is 1. The summed E-state index contributed by atoms with van der Waals surface area (Å²) in [6.45, 7) is 1.50. The van der Waals surface area contributed by atoms with Gasteiger partial charge >= 0.3 is 5.97 Å². The molecule has 1 rings (SSSR count). The van der Waals surface area contributed by atoms with Crippen LogP contribution in [0, 0.1) is 0 Å². The number of nitrogens with two attached hydrogens (primary N) is 1. The highest BCUT2D eigenvalue weighted by atomic mass is 16.4. The number of carbonyl (C=O) groups excluding carboxylic acids is 1. The van der Waals surface area contributed by atoms with Crippen LogP contribution in [0.15, 0.2) is 18.2 Å². The molecule has 8 nitrogen and oxygen atoms in total. The molecule has 0 fully saturated rings. The van der Waals surface area contributed by atoms with Gasteiger partial charge in [0, 0.05) is 6.42 Å². The topological polar surface area (TPSA) is 153 Å². The number of phenolic OH excluding ortho intramolecular Hbond substituents is 2. The van der Waals surface area contributed by atoms with Crippen LogP contribution in [0.1, 0.15) is 31.7 Å². The van der Waals surface area contributed by atoms with Crippen LogP contribution in [-0.2, 0) is 16.0 Å². The third kappa shape index (κ3) is 5.20. The number of carboxylic acid groups (broad SMARTS) is 1. The number of aliphatic carboxylic acids is 1. The molecular formula is C15H22N2O6. The molecule has 0 aromatic heterocycles. The summed E-state index contributed by atoms with van der Waals surface area (Å²) in [4.78, 5) is 22.8. The molecule has 1 aromatic carbocycles. The Hall–Kier alpha value is -2.16. The molecule has 23 heavy (non-hydrogen) atoms. The van der Waals surface area contributed by atoms with E-state index in [2.05, 4.69) is 5.43 Å². The summed E-state index contributed by atoms with van der Waals surface area (Å²) in [5.41, 5.74) is 1.61. The van der Waals surface area contributed by atoms with E-state index in [0.29, 0.717) is 5.56 Å². The number of nitrogens with one attached hydrogen (secondary N) is 1. The van der Waals surface area contributed by atoms with E-state index in [1.807, 2.05) is 0 Å². The zero-order chi connectivity index (χ0) is 17.6. The SMILES string of the molecule is CC(Cc1ccc(O)c(O)c1)(NN)C(=O)C(O)CCCC(=O)O. The number of ketones is 1. The van der Waals surface area contributed by atoms with Gasteiger partial charge in [-0.1, -0.05) is 6.07 Å². The lowest BCUT2D eigenvalue weighted by Gasteiger charge is -2.29. The predicted octanol–water partition coefficient (Wildman–Crippen LogP) is 0.0472. The zero-order valence-electron chi connectivity index (χ0n) is 12.8. The molecular weight excluding hydrogens is 304 g/mol. The lowest BCUT2D eigenvalue weighted by atomic mass is 9.85. The zero-order valence-corrected chi connectivity index (χ0v) is 12.8. The van der Waals surface area contributed by atoms with Crippen LogP contribution in [0.3, 0.4) is 0 Å². The van der Waals surface area contributed by atoms with Crippen molar-refractivity contribution in [1.82, 2.24) is 5.43 Å². The lowest BCUT2D eigenvalue weighted by molar-refractivity contribution is -0.138. The van der Waals surface area contributed by atoms with Gasteiger partial charge in [-0.2, -0.15) is 0 Å². The maximum Gasteiger partial charge on any atom is 0.303 e. The monoisotopic (exact) mass is 326 g/mol. The van der Waals surface area contributed by atoms with E-state index < -0.39 is 23.4 Å². The molecule has 0 saturated heterocycles. The van der Waals surface area contributed by atoms with Gasteiger partial charge in [0.15, 0.2) is 17.3 Å². The van der Waals surface area contributed by atoms with Gasteiger partial charge in [0.25, 0.3) is 0 Å². The Labute approximate surface area is 133 Å². The van der Waals surface area contributed by atoms with Gasteiger partial charge in [-0.3, -0.25) is 15.4 Å². The van der Waals surface area contributed by atoms with Gasteiger partial charge in [-0.05, 0) is 43.9 Å². The van der Waals surface area contributed by atoms with Gasteiger partial charge in [-0.25, -0.2) is 5.43 Å². The van der Waals surface area contributed by atoms with E-state index in [4.69, 9.17) is 10.9 Å².